The molecule has 1 saturated heterocycles. The standard InChI is InChI=1S/C12H22O10/c1-4-7(16)10(19)11(20)12(22-4)21-3-6(15)9(18)8(17)5(14)2-13/h2,4-12,14-20H,3H2,1H3/t4-,5-,6+,7-,8-,9+,10+,11+,12-/m1/s1. The monoisotopic (exact) mass is 326 g/mol. The van der Waals surface area contributed by atoms with Crippen molar-refractivity contribution in [3.8, 4) is 0 Å². The van der Waals surface area contributed by atoms with Crippen LogP contribution in [0.4, 0.5) is 0 Å². The van der Waals surface area contributed by atoms with Crippen molar-refractivity contribution in [1.82, 2.24) is 0 Å². The van der Waals surface area contributed by atoms with Gasteiger partial charge in [0, 0.05) is 0 Å². The third-order valence-corrected chi connectivity index (χ3v) is 3.47. The van der Waals surface area contributed by atoms with Crippen molar-refractivity contribution in [3.63, 3.8) is 0 Å². The molecule has 0 unspecified atom stereocenters. The second-order valence-corrected chi connectivity index (χ2v) is 5.19. The van der Waals surface area contributed by atoms with Gasteiger partial charge in [-0.25, -0.2) is 0 Å². The molecule has 1 rings (SSSR count). The van der Waals surface area contributed by atoms with Gasteiger partial charge >= 0.3 is 0 Å². The summed E-state index contributed by atoms with van der Waals surface area (Å²) in [4.78, 5) is 10.3. The lowest BCUT2D eigenvalue weighted by molar-refractivity contribution is -0.299. The van der Waals surface area contributed by atoms with Gasteiger partial charge in [0.1, 0.15) is 42.7 Å². The largest absolute Gasteiger partial charge is 0.388 e. The minimum Gasteiger partial charge on any atom is -0.388 e. The van der Waals surface area contributed by atoms with Crippen LogP contribution in [-0.4, -0.2) is 104 Å². The molecule has 22 heavy (non-hydrogen) atoms. The highest BCUT2D eigenvalue weighted by molar-refractivity contribution is 5.56. The fraction of sp³-hybridized carbons (Fsp3) is 0.917. The average molecular weight is 326 g/mol. The van der Waals surface area contributed by atoms with Crippen LogP contribution in [0.5, 0.6) is 0 Å². The highest BCUT2D eigenvalue weighted by atomic mass is 16.7. The Hall–Kier alpha value is -0.690. The third kappa shape index (κ3) is 4.41. The van der Waals surface area contributed by atoms with Gasteiger partial charge in [-0.05, 0) is 6.92 Å². The Labute approximate surface area is 126 Å². The Morgan fingerprint density at radius 3 is 2.18 bits per heavy atom. The van der Waals surface area contributed by atoms with Crippen molar-refractivity contribution in [2.24, 2.45) is 0 Å². The Morgan fingerprint density at radius 1 is 1.05 bits per heavy atom. The lowest BCUT2D eigenvalue weighted by Crippen LogP contribution is -2.58. The molecule has 0 bridgehead atoms. The first-order chi connectivity index (χ1) is 10.2. The van der Waals surface area contributed by atoms with Gasteiger partial charge in [0.2, 0.25) is 0 Å². The molecule has 0 radical (unpaired) electrons. The summed E-state index contributed by atoms with van der Waals surface area (Å²) in [5.41, 5.74) is 0. The van der Waals surface area contributed by atoms with Gasteiger partial charge in [-0.3, -0.25) is 0 Å². The van der Waals surface area contributed by atoms with Crippen molar-refractivity contribution in [2.45, 2.75) is 62.0 Å². The van der Waals surface area contributed by atoms with Gasteiger partial charge in [-0.1, -0.05) is 0 Å². The van der Waals surface area contributed by atoms with Crippen molar-refractivity contribution in [1.29, 1.82) is 0 Å². The average Bonchev–Trinajstić information content (AvgIpc) is 2.52. The maximum Gasteiger partial charge on any atom is 0.186 e. The van der Waals surface area contributed by atoms with E-state index in [0.29, 0.717) is 0 Å². The molecule has 0 spiro atoms. The predicted octanol–water partition coefficient (Wildman–Crippen LogP) is -4.53. The number of aliphatic hydroxyl groups excluding tert-OH is 7. The van der Waals surface area contributed by atoms with Crippen LogP contribution in [-0.2, 0) is 14.3 Å². The molecule has 1 heterocycles. The maximum absolute atomic E-state index is 10.3. The first-order valence-electron chi connectivity index (χ1n) is 6.69. The van der Waals surface area contributed by atoms with E-state index in [-0.39, 0.29) is 6.29 Å². The second kappa shape index (κ2) is 8.24. The summed E-state index contributed by atoms with van der Waals surface area (Å²) in [5.74, 6) is 0. The molecule has 1 aliphatic heterocycles. The van der Waals surface area contributed by atoms with Gasteiger partial charge < -0.3 is 50.0 Å². The molecule has 130 valence electrons. The Kier molecular flexibility index (Phi) is 7.25. The molecule has 0 saturated carbocycles. The Bertz CT molecular complexity index is 353. The number of aldehydes is 1. The van der Waals surface area contributed by atoms with Gasteiger partial charge in [-0.2, -0.15) is 0 Å². The van der Waals surface area contributed by atoms with Gasteiger partial charge in [0.25, 0.3) is 0 Å². The van der Waals surface area contributed by atoms with E-state index < -0.39 is 61.7 Å². The first-order valence-corrected chi connectivity index (χ1v) is 6.69. The molecule has 1 fully saturated rings. The number of hydrogen-bond donors (Lipinski definition) is 7. The van der Waals surface area contributed by atoms with Crippen molar-refractivity contribution < 1.29 is 50.0 Å². The van der Waals surface area contributed by atoms with Crippen LogP contribution in [0.2, 0.25) is 0 Å². The number of carbonyl (C=O) groups is 1. The van der Waals surface area contributed by atoms with E-state index in [1.807, 2.05) is 0 Å². The van der Waals surface area contributed by atoms with Crippen LogP contribution in [0, 0.1) is 0 Å². The summed E-state index contributed by atoms with van der Waals surface area (Å²) in [5, 5.41) is 66.3. The summed E-state index contributed by atoms with van der Waals surface area (Å²) in [6.45, 7) is 0.812. The molecular weight excluding hydrogens is 304 g/mol. The van der Waals surface area contributed by atoms with Crippen LogP contribution in [0.25, 0.3) is 0 Å². The van der Waals surface area contributed by atoms with Gasteiger partial charge in [-0.15, -0.1) is 0 Å². The van der Waals surface area contributed by atoms with E-state index in [1.165, 1.54) is 6.92 Å². The molecule has 7 N–H and O–H groups in total. The fourth-order valence-corrected chi connectivity index (χ4v) is 1.95. The molecule has 10 nitrogen and oxygen atoms in total. The zero-order chi connectivity index (χ0) is 17.0. The molecule has 0 aromatic heterocycles. The van der Waals surface area contributed by atoms with E-state index in [0.717, 1.165) is 0 Å². The highest BCUT2D eigenvalue weighted by Gasteiger charge is 2.43. The van der Waals surface area contributed by atoms with E-state index >= 15 is 0 Å². The zero-order valence-corrected chi connectivity index (χ0v) is 11.8. The van der Waals surface area contributed by atoms with Gasteiger partial charge in [0.15, 0.2) is 12.6 Å². The normalized spacial score (nSPS) is 38.1. The van der Waals surface area contributed by atoms with E-state index in [9.17, 15) is 35.4 Å². The molecule has 0 aliphatic carbocycles. The second-order valence-electron chi connectivity index (χ2n) is 5.19. The van der Waals surface area contributed by atoms with Crippen LogP contribution < -0.4 is 0 Å². The summed E-state index contributed by atoms with van der Waals surface area (Å²) in [6, 6.07) is 0. The zero-order valence-electron chi connectivity index (χ0n) is 11.8. The minimum absolute atomic E-state index is 0.00507. The topological polar surface area (TPSA) is 177 Å². The lowest BCUT2D eigenvalue weighted by atomic mass is 10.00. The number of aliphatic hydroxyl groups is 7. The molecule has 9 atom stereocenters. The molecule has 10 heteroatoms. The third-order valence-electron chi connectivity index (χ3n) is 3.47. The minimum atomic E-state index is -1.92. The fourth-order valence-electron chi connectivity index (χ4n) is 1.95. The SMILES string of the molecule is C[C@H]1O[C@@H](OC[C@H](O)[C@H](O)[C@H](O)[C@H](O)C=O)[C@@H](O)[C@@H](O)[C@@H]1O. The van der Waals surface area contributed by atoms with Crippen LogP contribution in [0.15, 0.2) is 0 Å². The molecule has 0 aromatic carbocycles. The summed E-state index contributed by atoms with van der Waals surface area (Å²) in [6.07, 6.45) is -14.0. The number of rotatable bonds is 7. The van der Waals surface area contributed by atoms with Crippen LogP contribution in [0.3, 0.4) is 0 Å². The summed E-state index contributed by atoms with van der Waals surface area (Å²) >= 11 is 0. The first kappa shape index (κ1) is 19.4. The molecule has 1 aliphatic rings. The Morgan fingerprint density at radius 2 is 1.64 bits per heavy atom. The van der Waals surface area contributed by atoms with Crippen molar-refractivity contribution in [2.75, 3.05) is 6.61 Å². The molecule has 0 aromatic rings. The van der Waals surface area contributed by atoms with Crippen molar-refractivity contribution in [3.05, 3.63) is 0 Å². The van der Waals surface area contributed by atoms with Crippen LogP contribution >= 0.6 is 0 Å². The number of hydrogen-bond acceptors (Lipinski definition) is 10. The smallest absolute Gasteiger partial charge is 0.186 e. The maximum atomic E-state index is 10.3. The van der Waals surface area contributed by atoms with E-state index in [1.54, 1.807) is 0 Å². The quantitative estimate of drug-likeness (QED) is 0.225. The summed E-state index contributed by atoms with van der Waals surface area (Å²) < 4.78 is 10.1. The number of carbonyl (C=O) groups excluding carboxylic acids is 1. The molecular formula is C12H22O10. The Balaban J connectivity index is 2.52. The van der Waals surface area contributed by atoms with E-state index in [2.05, 4.69) is 0 Å². The van der Waals surface area contributed by atoms with Crippen LogP contribution in [0.1, 0.15) is 6.92 Å². The highest BCUT2D eigenvalue weighted by Crippen LogP contribution is 2.22. The van der Waals surface area contributed by atoms with Gasteiger partial charge in [0.05, 0.1) is 12.7 Å². The predicted molar refractivity (Wildman–Crippen MR) is 68.4 cm³/mol. The van der Waals surface area contributed by atoms with E-state index in [4.69, 9.17) is 14.6 Å². The summed E-state index contributed by atoms with van der Waals surface area (Å²) in [7, 11) is 0. The number of ether oxygens (including phenoxy) is 2. The van der Waals surface area contributed by atoms with Crippen molar-refractivity contribution >= 4 is 6.29 Å². The molecule has 0 amide bonds. The lowest BCUT2D eigenvalue weighted by Gasteiger charge is -2.39.